The predicted molar refractivity (Wildman–Crippen MR) is 102 cm³/mol. The molecule has 1 saturated heterocycles. The highest BCUT2D eigenvalue weighted by Gasteiger charge is 2.40. The van der Waals surface area contributed by atoms with Crippen molar-refractivity contribution in [2.75, 3.05) is 12.0 Å². The fraction of sp³-hybridized carbons (Fsp3) is 0.150. The number of carbonyl (C=O) groups is 4. The zero-order valence-electron chi connectivity index (χ0n) is 15.2. The molecule has 8 heteroatoms. The first-order valence-corrected chi connectivity index (χ1v) is 8.38. The number of ketones is 1. The molecule has 8 nitrogen and oxygen atoms in total. The Kier molecular flexibility index (Phi) is 5.30. The van der Waals surface area contributed by atoms with Gasteiger partial charge in [-0.1, -0.05) is 12.1 Å². The molecule has 0 radical (unpaired) electrons. The molecule has 0 saturated carbocycles. The van der Waals surface area contributed by atoms with Crippen LogP contribution in [0.3, 0.4) is 0 Å². The summed E-state index contributed by atoms with van der Waals surface area (Å²) >= 11 is 0. The van der Waals surface area contributed by atoms with Crippen molar-refractivity contribution in [3.8, 4) is 5.75 Å². The second-order valence-electron chi connectivity index (χ2n) is 6.03. The number of hydrogen-bond acceptors (Lipinski definition) is 6. The molecule has 1 N–H and O–H groups in total. The maximum absolute atomic E-state index is 12.8. The van der Waals surface area contributed by atoms with Gasteiger partial charge in [-0.3, -0.25) is 24.7 Å². The zero-order chi connectivity index (χ0) is 20.3. The lowest BCUT2D eigenvalue weighted by Crippen LogP contribution is -2.58. The number of nitrogens with one attached hydrogen (secondary N) is 1. The van der Waals surface area contributed by atoms with Crippen molar-refractivity contribution in [3.05, 3.63) is 54.1 Å². The van der Waals surface area contributed by atoms with Crippen LogP contribution in [0.5, 0.6) is 5.75 Å². The second-order valence-corrected chi connectivity index (χ2v) is 6.03. The number of carbonyl (C=O) groups excluding carboxylic acids is 4. The van der Waals surface area contributed by atoms with Gasteiger partial charge in [0.2, 0.25) is 5.91 Å². The molecule has 28 heavy (non-hydrogen) atoms. The average Bonchev–Trinajstić information content (AvgIpc) is 2.68. The molecule has 0 spiro atoms. The van der Waals surface area contributed by atoms with Crippen molar-refractivity contribution in [2.45, 2.75) is 6.92 Å². The lowest BCUT2D eigenvalue weighted by molar-refractivity contribution is -0.131. The third kappa shape index (κ3) is 3.80. The van der Waals surface area contributed by atoms with E-state index in [1.807, 2.05) is 0 Å². The Morgan fingerprint density at radius 2 is 1.86 bits per heavy atom. The van der Waals surface area contributed by atoms with Crippen LogP contribution in [0.2, 0.25) is 0 Å². The van der Waals surface area contributed by atoms with Crippen molar-refractivity contribution in [2.24, 2.45) is 10.9 Å². The van der Waals surface area contributed by atoms with E-state index in [2.05, 4.69) is 10.3 Å². The Hall–Kier alpha value is -3.81. The first-order chi connectivity index (χ1) is 13.4. The number of urea groups is 1. The number of barbiturate groups is 1. The smallest absolute Gasteiger partial charge is 0.335 e. The summed E-state index contributed by atoms with van der Waals surface area (Å²) in [6.07, 6.45) is 1.17. The lowest BCUT2D eigenvalue weighted by Gasteiger charge is -2.28. The first kappa shape index (κ1) is 19.0. The number of ether oxygens (including phenoxy) is 1. The number of nitrogens with zero attached hydrogens (tertiary/aromatic N) is 2. The van der Waals surface area contributed by atoms with E-state index in [-0.39, 0.29) is 5.78 Å². The number of amides is 4. The molecule has 1 atom stereocenters. The molecular formula is C20H17N3O5. The lowest BCUT2D eigenvalue weighted by atomic mass is 10.1. The van der Waals surface area contributed by atoms with Gasteiger partial charge in [0.05, 0.1) is 18.5 Å². The van der Waals surface area contributed by atoms with E-state index in [4.69, 9.17) is 4.74 Å². The average molecular weight is 379 g/mol. The molecule has 142 valence electrons. The van der Waals surface area contributed by atoms with Crippen molar-refractivity contribution in [1.29, 1.82) is 0 Å². The molecular weight excluding hydrogens is 362 g/mol. The van der Waals surface area contributed by atoms with Crippen molar-refractivity contribution < 1.29 is 23.9 Å². The number of aliphatic imine (C=N–C) groups is 1. The van der Waals surface area contributed by atoms with E-state index in [1.54, 1.807) is 36.4 Å². The van der Waals surface area contributed by atoms with Crippen LogP contribution in [0.4, 0.5) is 16.2 Å². The van der Waals surface area contributed by atoms with Gasteiger partial charge in [0.15, 0.2) is 11.7 Å². The topological polar surface area (TPSA) is 105 Å². The highest BCUT2D eigenvalue weighted by molar-refractivity contribution is 6.32. The molecule has 4 amide bonds. The quantitative estimate of drug-likeness (QED) is 0.488. The molecule has 0 bridgehead atoms. The number of anilines is 1. The monoisotopic (exact) mass is 379 g/mol. The highest BCUT2D eigenvalue weighted by atomic mass is 16.5. The van der Waals surface area contributed by atoms with Crippen LogP contribution in [-0.4, -0.2) is 37.0 Å². The largest absolute Gasteiger partial charge is 0.497 e. The van der Waals surface area contributed by atoms with Gasteiger partial charge in [-0.05, 0) is 43.3 Å². The summed E-state index contributed by atoms with van der Waals surface area (Å²) in [6, 6.07) is 11.9. The summed E-state index contributed by atoms with van der Waals surface area (Å²) in [5.41, 5.74) is 1.18. The van der Waals surface area contributed by atoms with Crippen LogP contribution >= 0.6 is 0 Å². The van der Waals surface area contributed by atoms with Crippen LogP contribution in [0.1, 0.15) is 17.3 Å². The molecule has 0 unspecified atom stereocenters. The number of Topliss-reactive ketones (excluding diaryl/α,β-unsaturated/α-hetero) is 1. The predicted octanol–water partition coefficient (Wildman–Crippen LogP) is 2.50. The van der Waals surface area contributed by atoms with Crippen molar-refractivity contribution >= 4 is 41.2 Å². The molecule has 0 aromatic heterocycles. The summed E-state index contributed by atoms with van der Waals surface area (Å²) in [4.78, 5) is 53.6. The molecule has 1 fully saturated rings. The van der Waals surface area contributed by atoms with Gasteiger partial charge < -0.3 is 4.74 Å². The fourth-order valence-electron chi connectivity index (χ4n) is 2.66. The summed E-state index contributed by atoms with van der Waals surface area (Å²) < 4.78 is 5.06. The third-order valence-electron chi connectivity index (χ3n) is 4.16. The number of hydrogen-bond donors (Lipinski definition) is 1. The Bertz CT molecular complexity index is 982. The van der Waals surface area contributed by atoms with Crippen LogP contribution in [0.15, 0.2) is 53.5 Å². The molecule has 3 rings (SSSR count). The van der Waals surface area contributed by atoms with Gasteiger partial charge in [-0.2, -0.15) is 0 Å². The van der Waals surface area contributed by atoms with Crippen LogP contribution < -0.4 is 15.0 Å². The Morgan fingerprint density at radius 1 is 1.14 bits per heavy atom. The highest BCUT2D eigenvalue weighted by Crippen LogP contribution is 2.23. The molecule has 2 aromatic carbocycles. The normalized spacial score (nSPS) is 17.0. The van der Waals surface area contributed by atoms with E-state index in [0.29, 0.717) is 22.7 Å². The van der Waals surface area contributed by atoms with Crippen LogP contribution in [0, 0.1) is 5.92 Å². The Morgan fingerprint density at radius 3 is 2.50 bits per heavy atom. The van der Waals surface area contributed by atoms with E-state index in [9.17, 15) is 19.2 Å². The maximum Gasteiger partial charge on any atom is 0.335 e. The third-order valence-corrected chi connectivity index (χ3v) is 4.16. The van der Waals surface area contributed by atoms with E-state index in [0.717, 1.165) is 4.90 Å². The maximum atomic E-state index is 12.8. The first-order valence-electron chi connectivity index (χ1n) is 8.38. The fourth-order valence-corrected chi connectivity index (χ4v) is 2.66. The minimum absolute atomic E-state index is 0.125. The minimum Gasteiger partial charge on any atom is -0.497 e. The number of benzene rings is 2. The second kappa shape index (κ2) is 7.83. The van der Waals surface area contributed by atoms with Gasteiger partial charge in [0.1, 0.15) is 5.75 Å². The minimum atomic E-state index is -1.28. The Balaban J connectivity index is 1.87. The van der Waals surface area contributed by atoms with E-state index >= 15 is 0 Å². The van der Waals surface area contributed by atoms with Gasteiger partial charge in [0.25, 0.3) is 5.91 Å². The van der Waals surface area contributed by atoms with Gasteiger partial charge in [0, 0.05) is 11.8 Å². The summed E-state index contributed by atoms with van der Waals surface area (Å²) in [5, 5.41) is 2.15. The zero-order valence-corrected chi connectivity index (χ0v) is 15.2. The van der Waals surface area contributed by atoms with Crippen LogP contribution in [-0.2, 0) is 9.59 Å². The standard InChI is InChI=1S/C20H17N3O5/c1-12(24)13-4-3-5-14(10-13)21-11-17-18(25)22-20(27)23(19(17)26)15-6-8-16(28-2)9-7-15/h3-11,17H,1-2H3,(H,22,25,27)/t17-/m1/s1. The number of imide groups is 2. The van der Waals surface area contributed by atoms with Gasteiger partial charge in [-0.25, -0.2) is 9.69 Å². The number of rotatable bonds is 5. The van der Waals surface area contributed by atoms with Gasteiger partial charge >= 0.3 is 6.03 Å². The number of methoxy groups -OCH3 is 1. The summed E-state index contributed by atoms with van der Waals surface area (Å²) in [7, 11) is 1.50. The van der Waals surface area contributed by atoms with E-state index in [1.165, 1.54) is 32.4 Å². The Labute approximate surface area is 160 Å². The molecule has 2 aromatic rings. The van der Waals surface area contributed by atoms with E-state index < -0.39 is 23.8 Å². The molecule has 1 aliphatic rings. The summed E-state index contributed by atoms with van der Waals surface area (Å²) in [6.45, 7) is 1.43. The van der Waals surface area contributed by atoms with Crippen molar-refractivity contribution in [1.82, 2.24) is 5.32 Å². The summed E-state index contributed by atoms with van der Waals surface area (Å²) in [5.74, 6) is -2.31. The molecule has 0 aliphatic carbocycles. The van der Waals surface area contributed by atoms with Crippen LogP contribution in [0.25, 0.3) is 0 Å². The molecule has 1 aliphatic heterocycles. The molecule has 1 heterocycles. The van der Waals surface area contributed by atoms with Crippen molar-refractivity contribution in [3.63, 3.8) is 0 Å². The SMILES string of the molecule is COc1ccc(N2C(=O)NC(=O)[C@@H](C=Nc3cccc(C(C)=O)c3)C2=O)cc1. The van der Waals surface area contributed by atoms with Gasteiger partial charge in [-0.15, -0.1) is 0 Å².